The summed E-state index contributed by atoms with van der Waals surface area (Å²) in [5.41, 5.74) is 2.77. The molecule has 0 saturated carbocycles. The second-order valence-electron chi connectivity index (χ2n) is 6.47. The van der Waals surface area contributed by atoms with Crippen LogP contribution in [0, 0.1) is 6.92 Å². The van der Waals surface area contributed by atoms with Crippen LogP contribution < -0.4 is 9.47 Å². The van der Waals surface area contributed by atoms with E-state index in [-0.39, 0.29) is 11.6 Å². The molecule has 3 aromatic rings. The fourth-order valence-corrected chi connectivity index (χ4v) is 3.34. The fourth-order valence-electron chi connectivity index (χ4n) is 3.02. The molecule has 0 atom stereocenters. The van der Waals surface area contributed by atoms with Gasteiger partial charge in [0.2, 0.25) is 5.90 Å². The molecule has 0 bridgehead atoms. The maximum Gasteiger partial charge on any atom is 0.363 e. The first-order valence-electron chi connectivity index (χ1n) is 9.06. The van der Waals surface area contributed by atoms with E-state index in [9.17, 15) is 4.79 Å². The lowest BCUT2D eigenvalue weighted by Crippen LogP contribution is -2.06. The zero-order valence-corrected chi connectivity index (χ0v) is 17.3. The molecule has 8 heteroatoms. The quantitative estimate of drug-likeness (QED) is 0.454. The minimum atomic E-state index is -0.574. The fraction of sp³-hybridized carbons (Fsp3) is 0.136. The lowest BCUT2D eigenvalue weighted by atomic mass is 10.2. The van der Waals surface area contributed by atoms with Crippen molar-refractivity contribution in [2.24, 2.45) is 4.99 Å². The monoisotopic (exact) mass is 423 g/mol. The zero-order valence-electron chi connectivity index (χ0n) is 16.5. The van der Waals surface area contributed by atoms with Crippen LogP contribution in [-0.2, 0) is 9.53 Å². The maximum absolute atomic E-state index is 12.4. The van der Waals surface area contributed by atoms with Crippen molar-refractivity contribution in [3.63, 3.8) is 0 Å². The Balaban J connectivity index is 1.73. The van der Waals surface area contributed by atoms with Crippen LogP contribution >= 0.6 is 11.6 Å². The van der Waals surface area contributed by atoms with E-state index >= 15 is 0 Å². The van der Waals surface area contributed by atoms with E-state index in [4.69, 9.17) is 25.8 Å². The molecular formula is C22H18ClN3O4. The number of aryl methyl sites for hydroxylation is 1. The van der Waals surface area contributed by atoms with Crippen LogP contribution in [0.3, 0.4) is 0 Å². The number of halogens is 1. The average Bonchev–Trinajstić information content (AvgIpc) is 3.28. The van der Waals surface area contributed by atoms with Gasteiger partial charge in [0.25, 0.3) is 0 Å². The van der Waals surface area contributed by atoms with Crippen LogP contribution in [0.25, 0.3) is 11.8 Å². The summed E-state index contributed by atoms with van der Waals surface area (Å²) in [5.74, 6) is 0.703. The minimum absolute atomic E-state index is 0.129. The van der Waals surface area contributed by atoms with Crippen molar-refractivity contribution >= 4 is 29.5 Å². The zero-order chi connectivity index (χ0) is 21.3. The highest BCUT2D eigenvalue weighted by Gasteiger charge is 2.26. The van der Waals surface area contributed by atoms with Crippen LogP contribution in [-0.4, -0.2) is 35.9 Å². The molecule has 0 unspecified atom stereocenters. The van der Waals surface area contributed by atoms with E-state index in [0.717, 1.165) is 5.69 Å². The van der Waals surface area contributed by atoms with Gasteiger partial charge >= 0.3 is 5.97 Å². The number of carbonyl (C=O) groups excluding carboxylic acids is 1. The van der Waals surface area contributed by atoms with E-state index in [1.807, 2.05) is 37.3 Å². The standard InChI is InChI=1S/C22H18ClN3O4/c1-13-18(20(23)26(25-13)15-7-5-4-6-8-15)12-19-22(27)30-21(24-19)14-9-16(28-2)11-17(10-14)29-3/h4-12H,1-3H3/b19-12+. The first-order valence-corrected chi connectivity index (χ1v) is 9.44. The molecular weight excluding hydrogens is 406 g/mol. The number of aliphatic imine (C=N–C) groups is 1. The number of rotatable bonds is 5. The Morgan fingerprint density at radius 3 is 2.37 bits per heavy atom. The molecule has 0 fully saturated rings. The molecule has 1 aromatic heterocycles. The predicted octanol–water partition coefficient (Wildman–Crippen LogP) is 4.20. The van der Waals surface area contributed by atoms with Gasteiger partial charge < -0.3 is 14.2 Å². The number of para-hydroxylation sites is 1. The summed E-state index contributed by atoms with van der Waals surface area (Å²) in [5, 5.41) is 4.86. The lowest BCUT2D eigenvalue weighted by Gasteiger charge is -2.07. The molecule has 4 rings (SSSR count). The number of carbonyl (C=O) groups is 1. The molecule has 7 nitrogen and oxygen atoms in total. The topological polar surface area (TPSA) is 74.9 Å². The Hall–Kier alpha value is -3.58. The van der Waals surface area contributed by atoms with Crippen molar-refractivity contribution in [1.82, 2.24) is 9.78 Å². The molecule has 0 aliphatic carbocycles. The van der Waals surface area contributed by atoms with Crippen LogP contribution in [0.5, 0.6) is 11.5 Å². The average molecular weight is 424 g/mol. The highest BCUT2D eigenvalue weighted by atomic mass is 35.5. The van der Waals surface area contributed by atoms with Crippen LogP contribution in [0.4, 0.5) is 0 Å². The third kappa shape index (κ3) is 3.67. The van der Waals surface area contributed by atoms with Gasteiger partial charge in [0.1, 0.15) is 16.7 Å². The van der Waals surface area contributed by atoms with Crippen LogP contribution in [0.15, 0.2) is 59.2 Å². The number of methoxy groups -OCH3 is 2. The normalized spacial score (nSPS) is 14.6. The van der Waals surface area contributed by atoms with E-state index < -0.39 is 5.97 Å². The van der Waals surface area contributed by atoms with Crippen LogP contribution in [0.1, 0.15) is 16.8 Å². The van der Waals surface area contributed by atoms with E-state index in [1.165, 1.54) is 0 Å². The Labute approximate surface area is 178 Å². The number of ether oxygens (including phenoxy) is 3. The number of hydrogen-bond donors (Lipinski definition) is 0. The summed E-state index contributed by atoms with van der Waals surface area (Å²) in [6, 6.07) is 14.6. The summed E-state index contributed by atoms with van der Waals surface area (Å²) >= 11 is 6.55. The van der Waals surface area contributed by atoms with Gasteiger partial charge in [-0.1, -0.05) is 29.8 Å². The second kappa shape index (κ2) is 8.04. The molecule has 2 aromatic carbocycles. The van der Waals surface area contributed by atoms with Crippen LogP contribution in [0.2, 0.25) is 5.15 Å². The minimum Gasteiger partial charge on any atom is -0.497 e. The van der Waals surface area contributed by atoms with E-state index in [1.54, 1.807) is 43.2 Å². The molecule has 0 saturated heterocycles. The van der Waals surface area contributed by atoms with E-state index in [2.05, 4.69) is 10.1 Å². The molecule has 0 amide bonds. The molecule has 2 heterocycles. The largest absolute Gasteiger partial charge is 0.497 e. The van der Waals surface area contributed by atoms with E-state index in [0.29, 0.717) is 33.5 Å². The van der Waals surface area contributed by atoms with Crippen molar-refractivity contribution in [2.45, 2.75) is 6.92 Å². The van der Waals surface area contributed by atoms with Gasteiger partial charge in [-0.05, 0) is 37.3 Å². The van der Waals surface area contributed by atoms with Gasteiger partial charge in [0.15, 0.2) is 5.70 Å². The van der Waals surface area contributed by atoms with Gasteiger partial charge in [-0.15, -0.1) is 0 Å². The third-order valence-electron chi connectivity index (χ3n) is 4.55. The smallest absolute Gasteiger partial charge is 0.363 e. The Morgan fingerprint density at radius 1 is 1.07 bits per heavy atom. The number of esters is 1. The molecule has 0 N–H and O–H groups in total. The van der Waals surface area contributed by atoms with Crippen molar-refractivity contribution in [3.05, 3.63) is 76.2 Å². The molecule has 152 valence electrons. The van der Waals surface area contributed by atoms with Gasteiger partial charge in [-0.25, -0.2) is 14.5 Å². The number of aromatic nitrogens is 2. The summed E-state index contributed by atoms with van der Waals surface area (Å²) in [6.45, 7) is 1.82. The number of nitrogens with zero attached hydrogens (tertiary/aromatic N) is 3. The highest BCUT2D eigenvalue weighted by Crippen LogP contribution is 2.29. The summed E-state index contributed by atoms with van der Waals surface area (Å²) in [4.78, 5) is 16.8. The van der Waals surface area contributed by atoms with Gasteiger partial charge in [-0.3, -0.25) is 0 Å². The predicted molar refractivity (Wildman–Crippen MR) is 113 cm³/mol. The van der Waals surface area contributed by atoms with Gasteiger partial charge in [0, 0.05) is 17.2 Å². The van der Waals surface area contributed by atoms with Crippen molar-refractivity contribution < 1.29 is 19.0 Å². The first kappa shape index (κ1) is 19.7. The lowest BCUT2D eigenvalue weighted by molar-refractivity contribution is -0.129. The molecule has 0 radical (unpaired) electrons. The Morgan fingerprint density at radius 2 is 1.73 bits per heavy atom. The molecule has 1 aliphatic heterocycles. The summed E-state index contributed by atoms with van der Waals surface area (Å²) in [7, 11) is 3.09. The Bertz CT molecular complexity index is 1160. The van der Waals surface area contributed by atoms with Gasteiger partial charge in [0.05, 0.1) is 25.6 Å². The third-order valence-corrected chi connectivity index (χ3v) is 4.91. The SMILES string of the molecule is COc1cc(OC)cc(C2=N/C(=C/c3c(C)nn(-c4ccccc4)c3Cl)C(=O)O2)c1. The number of cyclic esters (lactones) is 1. The van der Waals surface area contributed by atoms with Crippen molar-refractivity contribution in [1.29, 1.82) is 0 Å². The molecule has 30 heavy (non-hydrogen) atoms. The number of hydrogen-bond acceptors (Lipinski definition) is 6. The molecule has 1 aliphatic rings. The van der Waals surface area contributed by atoms with Crippen molar-refractivity contribution in [3.8, 4) is 17.2 Å². The first-order chi connectivity index (χ1) is 14.5. The summed E-state index contributed by atoms with van der Waals surface area (Å²) in [6.07, 6.45) is 1.58. The van der Waals surface area contributed by atoms with Gasteiger partial charge in [-0.2, -0.15) is 5.10 Å². The number of benzene rings is 2. The summed E-state index contributed by atoms with van der Waals surface area (Å²) < 4.78 is 17.5. The maximum atomic E-state index is 12.4. The molecule has 0 spiro atoms. The highest BCUT2D eigenvalue weighted by molar-refractivity contribution is 6.31. The van der Waals surface area contributed by atoms with Crippen molar-refractivity contribution in [2.75, 3.05) is 14.2 Å². The second-order valence-corrected chi connectivity index (χ2v) is 6.83. The Kier molecular flexibility index (Phi) is 5.29.